The molecule has 134 valence electrons. The third-order valence-corrected chi connectivity index (χ3v) is 5.59. The fourth-order valence-electron chi connectivity index (χ4n) is 3.16. The predicted octanol–water partition coefficient (Wildman–Crippen LogP) is 3.34. The van der Waals surface area contributed by atoms with Gasteiger partial charge in [-0.15, -0.1) is 5.10 Å². The van der Waals surface area contributed by atoms with E-state index in [1.54, 1.807) is 0 Å². The quantitative estimate of drug-likeness (QED) is 0.757. The van der Waals surface area contributed by atoms with Gasteiger partial charge in [0, 0.05) is 12.1 Å². The number of rotatable bonds is 4. The van der Waals surface area contributed by atoms with Crippen LogP contribution in [0.15, 0.2) is 23.4 Å². The van der Waals surface area contributed by atoms with E-state index in [-0.39, 0.29) is 28.8 Å². The Kier molecular flexibility index (Phi) is 5.58. The number of hydrogen-bond acceptors (Lipinski definition) is 5. The number of amides is 1. The van der Waals surface area contributed by atoms with Crippen LogP contribution in [0.25, 0.3) is 5.69 Å². The molecule has 1 aromatic carbocycles. The van der Waals surface area contributed by atoms with Crippen LogP contribution in [0.4, 0.5) is 4.39 Å². The first-order valence-electron chi connectivity index (χ1n) is 8.15. The monoisotopic (exact) mass is 383 g/mol. The molecule has 0 bridgehead atoms. The molecule has 2 unspecified atom stereocenters. The Morgan fingerprint density at radius 1 is 1.36 bits per heavy atom. The van der Waals surface area contributed by atoms with Gasteiger partial charge in [-0.05, 0) is 61.7 Å². The van der Waals surface area contributed by atoms with Gasteiger partial charge in [0.05, 0.1) is 16.5 Å². The highest BCUT2D eigenvalue weighted by atomic mass is 35.5. The number of carbonyl (C=O) groups is 1. The van der Waals surface area contributed by atoms with E-state index >= 15 is 0 Å². The molecular formula is C16H19ClFN5OS. The van der Waals surface area contributed by atoms with E-state index < -0.39 is 5.82 Å². The number of benzene rings is 1. The van der Waals surface area contributed by atoms with E-state index in [1.165, 1.54) is 34.6 Å². The molecule has 2 heterocycles. The molecule has 0 spiro atoms. The van der Waals surface area contributed by atoms with Gasteiger partial charge >= 0.3 is 0 Å². The Hall–Kier alpha value is -1.67. The highest BCUT2D eigenvalue weighted by Gasteiger charge is 2.29. The second kappa shape index (κ2) is 7.70. The summed E-state index contributed by atoms with van der Waals surface area (Å²) in [6.45, 7) is 4.17. The van der Waals surface area contributed by atoms with Crippen LogP contribution < -0.4 is 0 Å². The Balaban J connectivity index is 1.71. The number of thioether (sulfide) groups is 1. The van der Waals surface area contributed by atoms with Crippen LogP contribution in [0.2, 0.25) is 5.02 Å². The third-order valence-electron chi connectivity index (χ3n) is 4.39. The zero-order chi connectivity index (χ0) is 18.0. The number of hydrogen-bond donors (Lipinski definition) is 0. The topological polar surface area (TPSA) is 63.9 Å². The van der Waals surface area contributed by atoms with Crippen molar-refractivity contribution in [2.45, 2.75) is 50.4 Å². The van der Waals surface area contributed by atoms with E-state index in [2.05, 4.69) is 29.4 Å². The highest BCUT2D eigenvalue weighted by Crippen LogP contribution is 2.26. The number of halogens is 2. The van der Waals surface area contributed by atoms with E-state index in [0.717, 1.165) is 19.3 Å². The Labute approximate surface area is 154 Å². The lowest BCUT2D eigenvalue weighted by Crippen LogP contribution is -2.48. The first kappa shape index (κ1) is 18.1. The molecule has 2 atom stereocenters. The van der Waals surface area contributed by atoms with Crippen LogP contribution in [-0.2, 0) is 4.79 Å². The molecule has 0 saturated carbocycles. The molecule has 1 saturated heterocycles. The molecule has 25 heavy (non-hydrogen) atoms. The lowest BCUT2D eigenvalue weighted by molar-refractivity contribution is -0.134. The summed E-state index contributed by atoms with van der Waals surface area (Å²) in [5.74, 6) is -0.170. The van der Waals surface area contributed by atoms with Gasteiger partial charge in [0.1, 0.15) is 5.82 Å². The maximum absolute atomic E-state index is 13.3. The van der Waals surface area contributed by atoms with Crippen molar-refractivity contribution < 1.29 is 9.18 Å². The molecule has 9 heteroatoms. The van der Waals surface area contributed by atoms with Gasteiger partial charge in [-0.2, -0.15) is 4.68 Å². The molecule has 1 aliphatic rings. The summed E-state index contributed by atoms with van der Waals surface area (Å²) in [5.41, 5.74) is 0.547. The number of aromatic nitrogens is 4. The SMILES string of the molecule is CC1CCCC(C)N1C(=O)CSc1nnnn1-c1ccc(F)c(Cl)c1. The number of tetrazole rings is 1. The average Bonchev–Trinajstić information content (AvgIpc) is 3.04. The van der Waals surface area contributed by atoms with Crippen molar-refractivity contribution in [3.05, 3.63) is 29.0 Å². The van der Waals surface area contributed by atoms with Crippen LogP contribution >= 0.6 is 23.4 Å². The minimum atomic E-state index is -0.504. The zero-order valence-corrected chi connectivity index (χ0v) is 15.6. The molecule has 2 aromatic rings. The maximum Gasteiger partial charge on any atom is 0.233 e. The number of piperidine rings is 1. The highest BCUT2D eigenvalue weighted by molar-refractivity contribution is 7.99. The third kappa shape index (κ3) is 3.95. The van der Waals surface area contributed by atoms with Crippen LogP contribution in [-0.4, -0.2) is 48.9 Å². The van der Waals surface area contributed by atoms with E-state index in [9.17, 15) is 9.18 Å². The minimum Gasteiger partial charge on any atom is -0.337 e. The van der Waals surface area contributed by atoms with Gasteiger partial charge in [-0.1, -0.05) is 23.4 Å². The summed E-state index contributed by atoms with van der Waals surface area (Å²) >= 11 is 7.08. The fraction of sp³-hybridized carbons (Fsp3) is 0.500. The van der Waals surface area contributed by atoms with Crippen molar-refractivity contribution in [3.63, 3.8) is 0 Å². The summed E-state index contributed by atoms with van der Waals surface area (Å²) in [7, 11) is 0. The number of likely N-dealkylation sites (tertiary alicyclic amines) is 1. The largest absolute Gasteiger partial charge is 0.337 e. The molecule has 0 aliphatic carbocycles. The molecule has 3 rings (SSSR count). The second-order valence-electron chi connectivity index (χ2n) is 6.19. The molecular weight excluding hydrogens is 365 g/mol. The second-order valence-corrected chi connectivity index (χ2v) is 7.54. The average molecular weight is 384 g/mol. The molecule has 0 N–H and O–H groups in total. The molecule has 1 amide bonds. The van der Waals surface area contributed by atoms with Crippen molar-refractivity contribution in [2.75, 3.05) is 5.75 Å². The predicted molar refractivity (Wildman–Crippen MR) is 94.5 cm³/mol. The summed E-state index contributed by atoms with van der Waals surface area (Å²) in [4.78, 5) is 14.6. The normalized spacial score (nSPS) is 20.7. The maximum atomic E-state index is 13.3. The lowest BCUT2D eigenvalue weighted by atomic mass is 9.98. The molecule has 0 radical (unpaired) electrons. The lowest BCUT2D eigenvalue weighted by Gasteiger charge is -2.39. The molecule has 1 aliphatic heterocycles. The van der Waals surface area contributed by atoms with Crippen LogP contribution in [0.5, 0.6) is 0 Å². The molecule has 1 fully saturated rings. The standard InChI is InChI=1S/C16H19ClFN5OS/c1-10-4-3-5-11(2)22(10)15(24)9-25-16-19-20-21-23(16)12-6-7-14(18)13(17)8-12/h6-8,10-11H,3-5,9H2,1-2H3. The molecule has 6 nitrogen and oxygen atoms in total. The Bertz CT molecular complexity index is 761. The zero-order valence-electron chi connectivity index (χ0n) is 14.0. The van der Waals surface area contributed by atoms with E-state index in [4.69, 9.17) is 11.6 Å². The summed E-state index contributed by atoms with van der Waals surface area (Å²) in [6, 6.07) is 4.76. The Morgan fingerprint density at radius 2 is 2.08 bits per heavy atom. The van der Waals surface area contributed by atoms with Crippen LogP contribution in [0, 0.1) is 5.82 Å². The summed E-state index contributed by atoms with van der Waals surface area (Å²) < 4.78 is 14.8. The number of nitrogens with zero attached hydrogens (tertiary/aromatic N) is 5. The van der Waals surface area contributed by atoms with Crippen molar-refractivity contribution >= 4 is 29.3 Å². The van der Waals surface area contributed by atoms with Crippen molar-refractivity contribution in [3.8, 4) is 5.69 Å². The van der Waals surface area contributed by atoms with Gasteiger partial charge in [-0.3, -0.25) is 4.79 Å². The smallest absolute Gasteiger partial charge is 0.233 e. The van der Waals surface area contributed by atoms with Crippen molar-refractivity contribution in [2.24, 2.45) is 0 Å². The Morgan fingerprint density at radius 3 is 2.76 bits per heavy atom. The van der Waals surface area contributed by atoms with E-state index in [1.807, 2.05) is 4.90 Å². The van der Waals surface area contributed by atoms with Crippen molar-refractivity contribution in [1.29, 1.82) is 0 Å². The van der Waals surface area contributed by atoms with Crippen molar-refractivity contribution in [1.82, 2.24) is 25.1 Å². The van der Waals surface area contributed by atoms with Gasteiger partial charge in [0.2, 0.25) is 11.1 Å². The first-order chi connectivity index (χ1) is 12.0. The molecule has 1 aromatic heterocycles. The van der Waals surface area contributed by atoms with Gasteiger partial charge < -0.3 is 4.90 Å². The minimum absolute atomic E-state index is 0.00371. The summed E-state index contributed by atoms with van der Waals surface area (Å²) in [6.07, 6.45) is 3.22. The van der Waals surface area contributed by atoms with Gasteiger partial charge in [0.25, 0.3) is 0 Å². The van der Waals surface area contributed by atoms with E-state index in [0.29, 0.717) is 10.8 Å². The van der Waals surface area contributed by atoms with Crippen LogP contribution in [0.1, 0.15) is 33.1 Å². The van der Waals surface area contributed by atoms with Gasteiger partial charge in [-0.25, -0.2) is 4.39 Å². The van der Waals surface area contributed by atoms with Gasteiger partial charge in [0.15, 0.2) is 0 Å². The fourth-order valence-corrected chi connectivity index (χ4v) is 4.10. The number of carbonyl (C=O) groups excluding carboxylic acids is 1. The first-order valence-corrected chi connectivity index (χ1v) is 9.51. The summed E-state index contributed by atoms with van der Waals surface area (Å²) in [5, 5.41) is 12.0. The van der Waals surface area contributed by atoms with Crippen LogP contribution in [0.3, 0.4) is 0 Å².